The Hall–Kier alpha value is -0.450. The smallest absolute Gasteiger partial charge is 0.191 e. The van der Waals surface area contributed by atoms with Gasteiger partial charge in [-0.15, -0.1) is 35.3 Å². The summed E-state index contributed by atoms with van der Waals surface area (Å²) in [5.41, 5.74) is 1.16. The molecule has 0 spiro atoms. The van der Waals surface area contributed by atoms with Crippen molar-refractivity contribution >= 4 is 41.3 Å². The van der Waals surface area contributed by atoms with E-state index in [9.17, 15) is 0 Å². The molecule has 1 atom stereocenters. The Morgan fingerprint density at radius 3 is 2.77 bits per heavy atom. The van der Waals surface area contributed by atoms with Crippen molar-refractivity contribution in [3.05, 3.63) is 16.1 Å². The first-order valence-corrected chi connectivity index (χ1v) is 10.1. The Kier molecular flexibility index (Phi) is 11.0. The van der Waals surface area contributed by atoms with Gasteiger partial charge in [0.15, 0.2) is 5.96 Å². The molecule has 6 nitrogen and oxygen atoms in total. The van der Waals surface area contributed by atoms with E-state index in [1.807, 2.05) is 0 Å². The molecular formula is C18H34IN5OS. The van der Waals surface area contributed by atoms with Crippen LogP contribution in [0.25, 0.3) is 0 Å². The molecule has 8 heteroatoms. The van der Waals surface area contributed by atoms with E-state index in [2.05, 4.69) is 58.6 Å². The molecule has 1 aliphatic rings. The highest BCUT2D eigenvalue weighted by molar-refractivity contribution is 14.0. The predicted octanol–water partition coefficient (Wildman–Crippen LogP) is 2.91. The third-order valence-electron chi connectivity index (χ3n) is 4.14. The first-order valence-electron chi connectivity index (χ1n) is 9.20. The van der Waals surface area contributed by atoms with E-state index >= 15 is 0 Å². The monoisotopic (exact) mass is 495 g/mol. The van der Waals surface area contributed by atoms with E-state index in [1.165, 1.54) is 0 Å². The number of ether oxygens (including phenoxy) is 1. The Morgan fingerprint density at radius 2 is 2.15 bits per heavy atom. The number of rotatable bonds is 7. The molecule has 1 aliphatic heterocycles. The number of nitrogens with zero attached hydrogens (tertiary/aromatic N) is 3. The minimum absolute atomic E-state index is 0. The van der Waals surface area contributed by atoms with Crippen molar-refractivity contribution in [3.63, 3.8) is 0 Å². The van der Waals surface area contributed by atoms with Gasteiger partial charge in [0.2, 0.25) is 0 Å². The van der Waals surface area contributed by atoms with Crippen LogP contribution in [0.4, 0.5) is 0 Å². The average molecular weight is 495 g/mol. The van der Waals surface area contributed by atoms with Gasteiger partial charge in [0.05, 0.1) is 24.9 Å². The molecular weight excluding hydrogens is 461 g/mol. The number of halogens is 1. The van der Waals surface area contributed by atoms with Crippen LogP contribution in [0.2, 0.25) is 0 Å². The van der Waals surface area contributed by atoms with Crippen LogP contribution in [-0.4, -0.2) is 61.8 Å². The second-order valence-corrected chi connectivity index (χ2v) is 8.22. The topological polar surface area (TPSA) is 61.8 Å². The zero-order chi connectivity index (χ0) is 18.2. The van der Waals surface area contributed by atoms with E-state index in [1.54, 1.807) is 18.4 Å². The second-order valence-electron chi connectivity index (χ2n) is 7.27. The van der Waals surface area contributed by atoms with Gasteiger partial charge in [-0.1, -0.05) is 27.7 Å². The van der Waals surface area contributed by atoms with Crippen LogP contribution in [-0.2, 0) is 11.3 Å². The van der Waals surface area contributed by atoms with Crippen LogP contribution in [0.5, 0.6) is 0 Å². The zero-order valence-electron chi connectivity index (χ0n) is 16.6. The summed E-state index contributed by atoms with van der Waals surface area (Å²) in [6.07, 6.45) is 0.207. The zero-order valence-corrected chi connectivity index (χ0v) is 19.8. The Bertz CT molecular complexity index is 549. The van der Waals surface area contributed by atoms with E-state index in [0.29, 0.717) is 18.4 Å². The normalized spacial score (nSPS) is 18.9. The summed E-state index contributed by atoms with van der Waals surface area (Å²) in [6.45, 7) is 14.3. The van der Waals surface area contributed by atoms with Gasteiger partial charge >= 0.3 is 0 Å². The van der Waals surface area contributed by atoms with Gasteiger partial charge in [0.25, 0.3) is 0 Å². The average Bonchev–Trinajstić information content (AvgIpc) is 3.04. The Balaban J connectivity index is 0.00000338. The van der Waals surface area contributed by atoms with Crippen LogP contribution in [0, 0.1) is 5.92 Å². The van der Waals surface area contributed by atoms with Gasteiger partial charge in [-0.05, 0) is 11.8 Å². The summed E-state index contributed by atoms with van der Waals surface area (Å²) in [5, 5.41) is 9.94. The predicted molar refractivity (Wildman–Crippen MR) is 121 cm³/mol. The lowest BCUT2D eigenvalue weighted by Crippen LogP contribution is -2.50. The molecule has 0 aromatic carbocycles. The van der Waals surface area contributed by atoms with Gasteiger partial charge in [0, 0.05) is 38.6 Å². The third kappa shape index (κ3) is 8.06. The summed E-state index contributed by atoms with van der Waals surface area (Å²) in [7, 11) is 1.80. The molecule has 1 fully saturated rings. The van der Waals surface area contributed by atoms with Gasteiger partial charge < -0.3 is 15.4 Å². The molecule has 2 N–H and O–H groups in total. The standard InChI is InChI=1S/C18H33N5OS.HI/c1-13(2)10-23-6-7-24-15(11-23)8-20-18(19-5)21-9-17-22-16(12-25-17)14(3)4;/h12-15H,6-11H2,1-5H3,(H2,19,20,21);1H. The highest BCUT2D eigenvalue weighted by Crippen LogP contribution is 2.17. The van der Waals surface area contributed by atoms with E-state index in [4.69, 9.17) is 4.74 Å². The molecule has 2 heterocycles. The van der Waals surface area contributed by atoms with Gasteiger partial charge in [-0.25, -0.2) is 4.98 Å². The second kappa shape index (κ2) is 12.1. The first-order chi connectivity index (χ1) is 12.0. The highest BCUT2D eigenvalue weighted by Gasteiger charge is 2.21. The maximum absolute atomic E-state index is 5.88. The molecule has 0 aliphatic carbocycles. The van der Waals surface area contributed by atoms with Gasteiger partial charge in [0.1, 0.15) is 5.01 Å². The van der Waals surface area contributed by atoms with Crippen molar-refractivity contribution in [3.8, 4) is 0 Å². The van der Waals surface area contributed by atoms with Crippen LogP contribution in [0.3, 0.4) is 0 Å². The maximum atomic E-state index is 5.88. The number of nitrogens with one attached hydrogen (secondary N) is 2. The lowest BCUT2D eigenvalue weighted by atomic mass is 10.2. The molecule has 2 rings (SSSR count). The lowest BCUT2D eigenvalue weighted by molar-refractivity contribution is -0.0284. The molecule has 0 radical (unpaired) electrons. The molecule has 0 amide bonds. The fourth-order valence-corrected chi connectivity index (χ4v) is 3.74. The minimum Gasteiger partial charge on any atom is -0.374 e. The number of hydrogen-bond donors (Lipinski definition) is 2. The molecule has 0 saturated carbocycles. The lowest BCUT2D eigenvalue weighted by Gasteiger charge is -2.34. The van der Waals surface area contributed by atoms with E-state index in [0.717, 1.165) is 49.4 Å². The van der Waals surface area contributed by atoms with E-state index < -0.39 is 0 Å². The number of guanidine groups is 1. The summed E-state index contributed by atoms with van der Waals surface area (Å²) < 4.78 is 5.88. The van der Waals surface area contributed by atoms with Crippen molar-refractivity contribution in [2.75, 3.05) is 39.8 Å². The summed E-state index contributed by atoms with van der Waals surface area (Å²) in [6, 6.07) is 0. The Morgan fingerprint density at radius 1 is 1.38 bits per heavy atom. The van der Waals surface area contributed by atoms with E-state index in [-0.39, 0.29) is 30.1 Å². The fraction of sp³-hybridized carbons (Fsp3) is 0.778. The first kappa shape index (κ1) is 23.6. The van der Waals surface area contributed by atoms with Gasteiger partial charge in [-0.2, -0.15) is 0 Å². The molecule has 1 unspecified atom stereocenters. The third-order valence-corrected chi connectivity index (χ3v) is 5.00. The number of thiazole rings is 1. The molecule has 1 saturated heterocycles. The summed E-state index contributed by atoms with van der Waals surface area (Å²) >= 11 is 1.69. The number of aliphatic imine (C=N–C) groups is 1. The number of morpholine rings is 1. The summed E-state index contributed by atoms with van der Waals surface area (Å²) in [5.74, 6) is 1.96. The molecule has 150 valence electrons. The van der Waals surface area contributed by atoms with Crippen molar-refractivity contribution in [2.24, 2.45) is 10.9 Å². The largest absolute Gasteiger partial charge is 0.374 e. The van der Waals surface area contributed by atoms with Crippen LogP contribution in [0.15, 0.2) is 10.4 Å². The molecule has 1 aromatic rings. The van der Waals surface area contributed by atoms with Crippen LogP contribution in [0.1, 0.15) is 44.3 Å². The molecule has 0 bridgehead atoms. The fourth-order valence-electron chi connectivity index (χ4n) is 2.85. The van der Waals surface area contributed by atoms with Crippen molar-refractivity contribution in [1.82, 2.24) is 20.5 Å². The highest BCUT2D eigenvalue weighted by atomic mass is 127. The maximum Gasteiger partial charge on any atom is 0.191 e. The van der Waals surface area contributed by atoms with Crippen molar-refractivity contribution in [1.29, 1.82) is 0 Å². The van der Waals surface area contributed by atoms with Crippen LogP contribution < -0.4 is 10.6 Å². The molecule has 26 heavy (non-hydrogen) atoms. The van der Waals surface area contributed by atoms with Gasteiger partial charge in [-0.3, -0.25) is 9.89 Å². The SMILES string of the molecule is CN=C(NCc1nc(C(C)C)cs1)NCC1CN(CC(C)C)CCO1.I. The van der Waals surface area contributed by atoms with Crippen molar-refractivity contribution in [2.45, 2.75) is 46.3 Å². The summed E-state index contributed by atoms with van der Waals surface area (Å²) in [4.78, 5) is 11.4. The number of hydrogen-bond acceptors (Lipinski definition) is 5. The number of aromatic nitrogens is 1. The molecule has 1 aromatic heterocycles. The van der Waals surface area contributed by atoms with Crippen molar-refractivity contribution < 1.29 is 4.74 Å². The minimum atomic E-state index is 0. The Labute approximate surface area is 179 Å². The van der Waals surface area contributed by atoms with Crippen LogP contribution >= 0.6 is 35.3 Å². The quantitative estimate of drug-likeness (QED) is 0.346.